The van der Waals surface area contributed by atoms with E-state index in [4.69, 9.17) is 15.6 Å². The van der Waals surface area contributed by atoms with Crippen LogP contribution in [0.2, 0.25) is 0 Å². The molecular formula is C12H20N2O4S. The molecule has 0 aromatic heterocycles. The van der Waals surface area contributed by atoms with Crippen LogP contribution in [0.4, 0.5) is 5.69 Å². The summed E-state index contributed by atoms with van der Waals surface area (Å²) >= 11 is 0. The predicted molar refractivity (Wildman–Crippen MR) is 73.7 cm³/mol. The number of sulfonamides is 1. The zero-order chi connectivity index (χ0) is 14.5. The summed E-state index contributed by atoms with van der Waals surface area (Å²) in [5, 5.41) is 8.65. The summed E-state index contributed by atoms with van der Waals surface area (Å²) in [6, 6.07) is 2.99. The molecule has 108 valence electrons. The van der Waals surface area contributed by atoms with Gasteiger partial charge in [-0.15, -0.1) is 0 Å². The lowest BCUT2D eigenvalue weighted by molar-refractivity contribution is 0.285. The Bertz CT molecular complexity index is 529. The molecule has 0 aliphatic carbocycles. The van der Waals surface area contributed by atoms with Gasteiger partial charge in [-0.3, -0.25) is 0 Å². The molecule has 0 unspecified atom stereocenters. The van der Waals surface area contributed by atoms with Crippen LogP contribution in [-0.4, -0.2) is 33.8 Å². The third-order valence-corrected chi connectivity index (χ3v) is 4.20. The predicted octanol–water partition coefficient (Wildman–Crippen LogP) is 0.637. The maximum absolute atomic E-state index is 12.1. The van der Waals surface area contributed by atoms with Crippen molar-refractivity contribution >= 4 is 15.7 Å². The monoisotopic (exact) mass is 288 g/mol. The fraction of sp³-hybridized carbons (Fsp3) is 0.500. The summed E-state index contributed by atoms with van der Waals surface area (Å²) in [6.45, 7) is 2.09. The van der Waals surface area contributed by atoms with Gasteiger partial charge in [0, 0.05) is 18.8 Å². The number of ether oxygens (including phenoxy) is 1. The van der Waals surface area contributed by atoms with Crippen LogP contribution in [0.15, 0.2) is 17.0 Å². The molecule has 1 aromatic rings. The molecule has 6 nitrogen and oxygen atoms in total. The lowest BCUT2D eigenvalue weighted by atomic mass is 10.2. The van der Waals surface area contributed by atoms with E-state index < -0.39 is 10.0 Å². The molecule has 4 N–H and O–H groups in total. The summed E-state index contributed by atoms with van der Waals surface area (Å²) < 4.78 is 31.8. The van der Waals surface area contributed by atoms with Crippen molar-refractivity contribution in [1.82, 2.24) is 4.72 Å². The molecule has 0 amide bonds. The van der Waals surface area contributed by atoms with Crippen molar-refractivity contribution in [2.24, 2.45) is 0 Å². The Labute approximate surface area is 113 Å². The average molecular weight is 288 g/mol. The molecule has 0 heterocycles. The second-order valence-electron chi connectivity index (χ2n) is 4.19. The number of nitrogens with two attached hydrogens (primary N) is 1. The molecule has 7 heteroatoms. The van der Waals surface area contributed by atoms with E-state index in [-0.39, 0.29) is 23.8 Å². The van der Waals surface area contributed by atoms with Crippen molar-refractivity contribution in [2.45, 2.75) is 24.7 Å². The standard InChI is InChI=1S/C12H20N2O4S/c1-9-7-11(18-2)12(8-10(9)13)19(16,17)14-5-3-4-6-15/h7-8,14-15H,3-6,13H2,1-2H3. The third kappa shape index (κ3) is 4.09. The van der Waals surface area contributed by atoms with Gasteiger partial charge in [-0.25, -0.2) is 13.1 Å². The molecular weight excluding hydrogens is 268 g/mol. The number of anilines is 1. The van der Waals surface area contributed by atoms with Gasteiger partial charge in [0.1, 0.15) is 10.6 Å². The Morgan fingerprint density at radius 1 is 1.37 bits per heavy atom. The molecule has 0 radical (unpaired) electrons. The first-order valence-corrected chi connectivity index (χ1v) is 7.45. The lowest BCUT2D eigenvalue weighted by Gasteiger charge is -2.12. The van der Waals surface area contributed by atoms with Gasteiger partial charge in [0.05, 0.1) is 7.11 Å². The van der Waals surface area contributed by atoms with Crippen molar-refractivity contribution in [1.29, 1.82) is 0 Å². The Morgan fingerprint density at radius 2 is 2.05 bits per heavy atom. The normalized spacial score (nSPS) is 11.5. The van der Waals surface area contributed by atoms with E-state index in [1.807, 2.05) is 0 Å². The number of nitrogen functional groups attached to an aromatic ring is 1. The third-order valence-electron chi connectivity index (χ3n) is 2.72. The molecule has 0 atom stereocenters. The number of hydrogen-bond acceptors (Lipinski definition) is 5. The van der Waals surface area contributed by atoms with Gasteiger partial charge < -0.3 is 15.6 Å². The number of aliphatic hydroxyl groups is 1. The number of methoxy groups -OCH3 is 1. The molecule has 1 aromatic carbocycles. The molecule has 0 aliphatic rings. The second kappa shape index (κ2) is 6.74. The largest absolute Gasteiger partial charge is 0.495 e. The van der Waals surface area contributed by atoms with Crippen molar-refractivity contribution in [3.8, 4) is 5.75 Å². The first-order chi connectivity index (χ1) is 8.92. The van der Waals surface area contributed by atoms with E-state index in [2.05, 4.69) is 4.72 Å². The first kappa shape index (κ1) is 15.7. The molecule has 0 fully saturated rings. The van der Waals surface area contributed by atoms with E-state index in [0.29, 0.717) is 18.5 Å². The highest BCUT2D eigenvalue weighted by atomic mass is 32.2. The van der Waals surface area contributed by atoms with E-state index in [1.165, 1.54) is 13.2 Å². The molecule has 0 bridgehead atoms. The van der Waals surface area contributed by atoms with Gasteiger partial charge in [0.25, 0.3) is 0 Å². The molecule has 1 rings (SSSR count). The zero-order valence-electron chi connectivity index (χ0n) is 11.1. The Balaban J connectivity index is 2.97. The summed E-state index contributed by atoms with van der Waals surface area (Å²) in [7, 11) is -2.25. The highest BCUT2D eigenvalue weighted by Gasteiger charge is 2.20. The van der Waals surface area contributed by atoms with Crippen LogP contribution in [0.25, 0.3) is 0 Å². The quantitative estimate of drug-likeness (QED) is 0.505. The summed E-state index contributed by atoms with van der Waals surface area (Å²) in [5.74, 6) is 0.265. The smallest absolute Gasteiger partial charge is 0.244 e. The van der Waals surface area contributed by atoms with Crippen LogP contribution < -0.4 is 15.2 Å². The molecule has 19 heavy (non-hydrogen) atoms. The summed E-state index contributed by atoms with van der Waals surface area (Å²) in [4.78, 5) is 0.0297. The first-order valence-electron chi connectivity index (χ1n) is 5.97. The van der Waals surface area contributed by atoms with Gasteiger partial charge in [0.2, 0.25) is 10.0 Å². The number of aliphatic hydroxyl groups excluding tert-OH is 1. The maximum Gasteiger partial charge on any atom is 0.244 e. The zero-order valence-corrected chi connectivity index (χ0v) is 12.0. The van der Waals surface area contributed by atoms with Crippen LogP contribution in [-0.2, 0) is 10.0 Å². The van der Waals surface area contributed by atoms with Crippen LogP contribution in [0.3, 0.4) is 0 Å². The van der Waals surface area contributed by atoms with Gasteiger partial charge in [-0.1, -0.05) is 0 Å². The summed E-state index contributed by atoms with van der Waals surface area (Å²) in [5.41, 5.74) is 6.90. The fourth-order valence-electron chi connectivity index (χ4n) is 1.57. The van der Waals surface area contributed by atoms with Gasteiger partial charge in [-0.05, 0) is 37.5 Å². The van der Waals surface area contributed by atoms with Gasteiger partial charge >= 0.3 is 0 Å². The molecule has 0 saturated heterocycles. The number of aryl methyl sites for hydroxylation is 1. The Hall–Kier alpha value is -1.31. The Morgan fingerprint density at radius 3 is 2.63 bits per heavy atom. The van der Waals surface area contributed by atoms with E-state index in [9.17, 15) is 8.42 Å². The van der Waals surface area contributed by atoms with Crippen molar-refractivity contribution in [3.63, 3.8) is 0 Å². The van der Waals surface area contributed by atoms with Crippen LogP contribution in [0.5, 0.6) is 5.75 Å². The average Bonchev–Trinajstić information content (AvgIpc) is 2.37. The summed E-state index contributed by atoms with van der Waals surface area (Å²) in [6.07, 6.45) is 1.12. The Kier molecular flexibility index (Phi) is 5.59. The second-order valence-corrected chi connectivity index (χ2v) is 5.92. The number of unbranched alkanes of at least 4 members (excludes halogenated alkanes) is 1. The van der Waals surface area contributed by atoms with Gasteiger partial charge in [-0.2, -0.15) is 0 Å². The maximum atomic E-state index is 12.1. The molecule has 0 spiro atoms. The van der Waals surface area contributed by atoms with Gasteiger partial charge in [0.15, 0.2) is 0 Å². The minimum absolute atomic E-state index is 0.0297. The van der Waals surface area contributed by atoms with Crippen molar-refractivity contribution in [2.75, 3.05) is 26.0 Å². The van der Waals surface area contributed by atoms with E-state index >= 15 is 0 Å². The lowest BCUT2D eigenvalue weighted by Crippen LogP contribution is -2.25. The topological polar surface area (TPSA) is 102 Å². The van der Waals surface area contributed by atoms with Crippen LogP contribution >= 0.6 is 0 Å². The number of nitrogens with one attached hydrogen (secondary N) is 1. The van der Waals surface area contributed by atoms with Crippen molar-refractivity contribution in [3.05, 3.63) is 17.7 Å². The van der Waals surface area contributed by atoms with Crippen LogP contribution in [0, 0.1) is 6.92 Å². The van der Waals surface area contributed by atoms with Crippen LogP contribution in [0.1, 0.15) is 18.4 Å². The number of rotatable bonds is 7. The molecule has 0 aliphatic heterocycles. The number of hydrogen-bond donors (Lipinski definition) is 3. The van der Waals surface area contributed by atoms with E-state index in [1.54, 1.807) is 13.0 Å². The minimum Gasteiger partial charge on any atom is -0.495 e. The fourth-order valence-corrected chi connectivity index (χ4v) is 2.83. The highest BCUT2D eigenvalue weighted by molar-refractivity contribution is 7.89. The van der Waals surface area contributed by atoms with E-state index in [0.717, 1.165) is 5.56 Å². The minimum atomic E-state index is -3.66. The SMILES string of the molecule is COc1cc(C)c(N)cc1S(=O)(=O)NCCCCO. The highest BCUT2D eigenvalue weighted by Crippen LogP contribution is 2.28. The molecule has 0 saturated carbocycles. The van der Waals surface area contributed by atoms with Crippen molar-refractivity contribution < 1.29 is 18.3 Å². The number of benzene rings is 1.